The van der Waals surface area contributed by atoms with Crippen molar-refractivity contribution in [1.82, 2.24) is 0 Å². The SMILES string of the molecule is c1ccc(-c2ccc(N(c3ccc(-c4cccc(-c5ccco5)c4)cc3)c3ccc4c(c3)-c3ccccc3-c3ccccc3C43c4ccccc4-c4c3ccc3oc5ccccc5c43)cc2)cc1. The maximum atomic E-state index is 6.58. The van der Waals surface area contributed by atoms with Crippen molar-refractivity contribution in [2.45, 2.75) is 5.41 Å². The average molecular weight is 868 g/mol. The molecule has 0 fully saturated rings. The highest BCUT2D eigenvalue weighted by atomic mass is 16.3. The molecule has 0 N–H and O–H groups in total. The zero-order valence-corrected chi connectivity index (χ0v) is 36.9. The predicted octanol–water partition coefficient (Wildman–Crippen LogP) is 17.7. The van der Waals surface area contributed by atoms with Crippen molar-refractivity contribution in [3.05, 3.63) is 271 Å². The molecule has 68 heavy (non-hydrogen) atoms. The van der Waals surface area contributed by atoms with Crippen LogP contribution in [0.15, 0.2) is 258 Å². The van der Waals surface area contributed by atoms with Crippen LogP contribution < -0.4 is 4.90 Å². The Kier molecular flexibility index (Phi) is 8.50. The third kappa shape index (κ3) is 5.66. The number of para-hydroxylation sites is 1. The number of fused-ring (bicyclic) bond motifs is 16. The van der Waals surface area contributed by atoms with E-state index in [1.54, 1.807) is 6.26 Å². The Bertz CT molecular complexity index is 3900. The van der Waals surface area contributed by atoms with E-state index in [1.807, 2.05) is 12.1 Å². The van der Waals surface area contributed by atoms with Crippen LogP contribution in [0.2, 0.25) is 0 Å². The molecule has 10 aromatic carbocycles. The highest BCUT2D eigenvalue weighted by molar-refractivity contribution is 6.16. The van der Waals surface area contributed by atoms with Crippen molar-refractivity contribution >= 4 is 39.0 Å². The van der Waals surface area contributed by atoms with Crippen molar-refractivity contribution in [3.63, 3.8) is 0 Å². The summed E-state index contributed by atoms with van der Waals surface area (Å²) in [6, 6.07) is 88.4. The number of anilines is 3. The molecule has 2 aliphatic carbocycles. The molecule has 2 heterocycles. The maximum absolute atomic E-state index is 6.58. The Hall–Kier alpha value is -8.92. The quantitative estimate of drug-likeness (QED) is 0.167. The minimum absolute atomic E-state index is 0.643. The molecule has 14 rings (SSSR count). The zero-order valence-electron chi connectivity index (χ0n) is 36.9. The molecular formula is C65H41NO2. The number of nitrogens with zero attached hydrogens (tertiary/aromatic N) is 1. The van der Waals surface area contributed by atoms with Crippen LogP contribution in [0.5, 0.6) is 0 Å². The van der Waals surface area contributed by atoms with E-state index in [-0.39, 0.29) is 0 Å². The van der Waals surface area contributed by atoms with Crippen LogP contribution in [-0.4, -0.2) is 0 Å². The summed E-state index contributed by atoms with van der Waals surface area (Å²) in [6.07, 6.45) is 1.73. The fraction of sp³-hybridized carbons (Fsp3) is 0.0154. The molecule has 1 spiro atoms. The highest BCUT2D eigenvalue weighted by Gasteiger charge is 2.50. The fourth-order valence-corrected chi connectivity index (χ4v) is 11.5. The summed E-state index contributed by atoms with van der Waals surface area (Å²) in [5.74, 6) is 0.857. The van der Waals surface area contributed by atoms with Gasteiger partial charge in [0.2, 0.25) is 0 Å². The van der Waals surface area contributed by atoms with Gasteiger partial charge < -0.3 is 13.7 Å². The standard InChI is InChI=1S/C65H41NO2/c1-2-14-42(15-3-1)43-27-31-47(32-28-43)66(48-33-29-44(30-34-48)45-16-12-17-46(40-45)60-26-13-39-67-60)49-35-36-58-55(41-49)51-19-5-4-18-50(51)52-20-6-9-23-56(52)65(58)57-24-10-7-21-53(57)63-59(65)37-38-62-64(63)54-22-8-11-25-61(54)68-62/h1-41H. The third-order valence-electron chi connectivity index (χ3n) is 14.4. The van der Waals surface area contributed by atoms with Crippen LogP contribution in [0.1, 0.15) is 22.3 Å². The van der Waals surface area contributed by atoms with Gasteiger partial charge in [0.05, 0.1) is 11.7 Å². The topological polar surface area (TPSA) is 29.5 Å². The molecule has 0 bridgehead atoms. The zero-order chi connectivity index (χ0) is 44.8. The minimum Gasteiger partial charge on any atom is -0.464 e. The Morgan fingerprint density at radius 1 is 0.324 bits per heavy atom. The lowest BCUT2D eigenvalue weighted by molar-refractivity contribution is 0.582. The summed E-state index contributed by atoms with van der Waals surface area (Å²) in [7, 11) is 0. The Balaban J connectivity index is 1.01. The van der Waals surface area contributed by atoms with Crippen LogP contribution in [0.3, 0.4) is 0 Å². The molecule has 12 aromatic rings. The Morgan fingerprint density at radius 3 is 1.63 bits per heavy atom. The molecule has 0 saturated carbocycles. The molecule has 1 unspecified atom stereocenters. The van der Waals surface area contributed by atoms with E-state index in [0.29, 0.717) is 0 Å². The van der Waals surface area contributed by atoms with Gasteiger partial charge in [-0.15, -0.1) is 0 Å². The van der Waals surface area contributed by atoms with Crippen LogP contribution >= 0.6 is 0 Å². The maximum Gasteiger partial charge on any atom is 0.136 e. The lowest BCUT2D eigenvalue weighted by atomic mass is 9.66. The third-order valence-corrected chi connectivity index (χ3v) is 14.4. The van der Waals surface area contributed by atoms with E-state index in [0.717, 1.165) is 56.1 Å². The van der Waals surface area contributed by atoms with E-state index < -0.39 is 5.41 Å². The van der Waals surface area contributed by atoms with Crippen molar-refractivity contribution in [2.75, 3.05) is 4.90 Å². The van der Waals surface area contributed by atoms with E-state index >= 15 is 0 Å². The normalized spacial score (nSPS) is 14.2. The molecule has 318 valence electrons. The van der Waals surface area contributed by atoms with Crippen LogP contribution in [-0.2, 0) is 5.41 Å². The van der Waals surface area contributed by atoms with E-state index in [9.17, 15) is 0 Å². The van der Waals surface area contributed by atoms with E-state index in [4.69, 9.17) is 8.83 Å². The molecule has 2 aromatic heterocycles. The summed E-state index contributed by atoms with van der Waals surface area (Å²) in [5, 5.41) is 2.30. The van der Waals surface area contributed by atoms with Gasteiger partial charge in [-0.3, -0.25) is 0 Å². The van der Waals surface area contributed by atoms with Gasteiger partial charge in [0, 0.05) is 33.4 Å². The van der Waals surface area contributed by atoms with Gasteiger partial charge in [-0.2, -0.15) is 0 Å². The summed E-state index contributed by atoms with van der Waals surface area (Å²) in [5.41, 5.74) is 22.5. The Labute approximate surface area is 394 Å². The molecule has 2 aliphatic rings. The molecule has 3 nitrogen and oxygen atoms in total. The van der Waals surface area contributed by atoms with Crippen molar-refractivity contribution in [2.24, 2.45) is 0 Å². The summed E-state index contributed by atoms with van der Waals surface area (Å²) >= 11 is 0. The first-order valence-electron chi connectivity index (χ1n) is 23.3. The van der Waals surface area contributed by atoms with E-state index in [2.05, 4.69) is 235 Å². The lowest BCUT2D eigenvalue weighted by Gasteiger charge is -2.36. The monoisotopic (exact) mass is 867 g/mol. The summed E-state index contributed by atoms with van der Waals surface area (Å²) in [4.78, 5) is 2.41. The number of benzene rings is 10. The van der Waals surface area contributed by atoms with Gasteiger partial charge in [-0.05, 0) is 145 Å². The van der Waals surface area contributed by atoms with Crippen LogP contribution in [0.4, 0.5) is 17.1 Å². The average Bonchev–Trinajstić information content (AvgIpc) is 4.15. The molecule has 0 radical (unpaired) electrons. The predicted molar refractivity (Wildman–Crippen MR) is 279 cm³/mol. The van der Waals surface area contributed by atoms with Crippen LogP contribution in [0, 0.1) is 0 Å². The van der Waals surface area contributed by atoms with Gasteiger partial charge in [-0.1, -0.05) is 176 Å². The first-order valence-corrected chi connectivity index (χ1v) is 23.3. The van der Waals surface area contributed by atoms with Gasteiger partial charge >= 0.3 is 0 Å². The minimum atomic E-state index is -0.643. The molecular weight excluding hydrogens is 827 g/mol. The Morgan fingerprint density at radius 2 is 0.882 bits per heavy atom. The van der Waals surface area contributed by atoms with E-state index in [1.165, 1.54) is 72.1 Å². The first-order chi connectivity index (χ1) is 33.7. The summed E-state index contributed by atoms with van der Waals surface area (Å²) in [6.45, 7) is 0. The highest BCUT2D eigenvalue weighted by Crippen LogP contribution is 2.63. The second-order valence-electron chi connectivity index (χ2n) is 17.9. The molecule has 0 saturated heterocycles. The van der Waals surface area contributed by atoms with Crippen molar-refractivity contribution in [3.8, 4) is 67.0 Å². The number of hydrogen-bond acceptors (Lipinski definition) is 3. The lowest BCUT2D eigenvalue weighted by Crippen LogP contribution is -2.29. The number of furan rings is 2. The van der Waals surface area contributed by atoms with Crippen LogP contribution in [0.25, 0.3) is 88.9 Å². The smallest absolute Gasteiger partial charge is 0.136 e. The molecule has 0 aliphatic heterocycles. The van der Waals surface area contributed by atoms with Gasteiger partial charge in [0.1, 0.15) is 16.9 Å². The second-order valence-corrected chi connectivity index (χ2v) is 17.9. The van der Waals surface area contributed by atoms with Crippen molar-refractivity contribution in [1.29, 1.82) is 0 Å². The summed E-state index contributed by atoms with van der Waals surface area (Å²) < 4.78 is 12.4. The largest absolute Gasteiger partial charge is 0.464 e. The van der Waals surface area contributed by atoms with Gasteiger partial charge in [0.25, 0.3) is 0 Å². The van der Waals surface area contributed by atoms with Crippen molar-refractivity contribution < 1.29 is 8.83 Å². The molecule has 3 heteroatoms. The number of rotatable bonds is 6. The second kappa shape index (κ2) is 15.1. The molecule has 1 atom stereocenters. The molecule has 0 amide bonds. The first kappa shape index (κ1) is 38.4. The number of hydrogen-bond donors (Lipinski definition) is 0. The van der Waals surface area contributed by atoms with Gasteiger partial charge in [-0.25, -0.2) is 0 Å². The fourth-order valence-electron chi connectivity index (χ4n) is 11.5. The van der Waals surface area contributed by atoms with Gasteiger partial charge in [0.15, 0.2) is 0 Å².